The standard InChI is InChI=1S/C41H21F12OP/c42-38(43,44)22-15-23(39(45,46)47)18-27(17-22)55(54,28-19-24(40(48,49)50)16-25(20-28)41(51,52)53)26-13-14-32-31-9-3-6-12-35(31)37(36(32)21-26)33-10-4-1-7-29(33)30-8-2-5-11-34(30)37/h1-21H. The van der Waals surface area contributed by atoms with Crippen LogP contribution in [0, 0.1) is 0 Å². The highest BCUT2D eigenvalue weighted by Gasteiger charge is 2.52. The van der Waals surface area contributed by atoms with Crippen molar-refractivity contribution in [1.82, 2.24) is 0 Å². The molecule has 0 atom stereocenters. The van der Waals surface area contributed by atoms with E-state index in [1.807, 2.05) is 30.3 Å². The predicted molar refractivity (Wildman–Crippen MR) is 182 cm³/mol. The fraction of sp³-hybridized carbons (Fsp3) is 0.122. The van der Waals surface area contributed by atoms with Crippen molar-refractivity contribution in [2.45, 2.75) is 30.1 Å². The topological polar surface area (TPSA) is 17.1 Å². The lowest BCUT2D eigenvalue weighted by Gasteiger charge is -2.31. The van der Waals surface area contributed by atoms with Crippen molar-refractivity contribution in [3.8, 4) is 22.3 Å². The molecule has 2 aliphatic rings. The Balaban J connectivity index is 1.52. The van der Waals surface area contributed by atoms with Crippen molar-refractivity contribution in [2.75, 3.05) is 0 Å². The maximum atomic E-state index is 15.8. The van der Waals surface area contributed by atoms with Gasteiger partial charge in [0.15, 0.2) is 7.14 Å². The van der Waals surface area contributed by atoms with Crippen LogP contribution in [-0.2, 0) is 34.7 Å². The summed E-state index contributed by atoms with van der Waals surface area (Å²) in [7, 11) is -5.52. The molecule has 0 fully saturated rings. The third kappa shape index (κ3) is 5.52. The molecule has 14 heteroatoms. The van der Waals surface area contributed by atoms with Gasteiger partial charge in [0.2, 0.25) is 0 Å². The third-order valence-corrected chi connectivity index (χ3v) is 13.2. The highest BCUT2D eigenvalue weighted by molar-refractivity contribution is 7.85. The molecular formula is C41H21F12OP. The molecule has 0 unspecified atom stereocenters. The van der Waals surface area contributed by atoms with E-state index in [4.69, 9.17) is 0 Å². The van der Waals surface area contributed by atoms with Crippen LogP contribution in [0.2, 0.25) is 0 Å². The molecule has 8 rings (SSSR count). The van der Waals surface area contributed by atoms with Gasteiger partial charge in [0.05, 0.1) is 27.7 Å². The van der Waals surface area contributed by atoms with E-state index < -0.39 is 75.4 Å². The molecule has 0 heterocycles. The van der Waals surface area contributed by atoms with Gasteiger partial charge >= 0.3 is 24.7 Å². The molecule has 0 bridgehead atoms. The molecule has 1 nitrogen and oxygen atoms in total. The Bertz CT molecular complexity index is 2390. The summed E-state index contributed by atoms with van der Waals surface area (Å²) in [5.74, 6) is 0. The zero-order valence-electron chi connectivity index (χ0n) is 27.5. The van der Waals surface area contributed by atoms with E-state index in [1.165, 1.54) is 12.1 Å². The minimum absolute atomic E-state index is 0.0848. The van der Waals surface area contributed by atoms with E-state index in [0.29, 0.717) is 33.4 Å². The van der Waals surface area contributed by atoms with E-state index in [-0.39, 0.29) is 36.4 Å². The highest BCUT2D eigenvalue weighted by atomic mass is 31.2. The van der Waals surface area contributed by atoms with Gasteiger partial charge in [0.1, 0.15) is 0 Å². The first-order chi connectivity index (χ1) is 25.7. The first-order valence-corrected chi connectivity index (χ1v) is 18.0. The summed E-state index contributed by atoms with van der Waals surface area (Å²) in [4.78, 5) is 0. The number of fused-ring (bicyclic) bond motifs is 10. The van der Waals surface area contributed by atoms with Gasteiger partial charge in [0.25, 0.3) is 0 Å². The Kier molecular flexibility index (Phi) is 7.90. The normalized spacial score (nSPS) is 14.8. The lowest BCUT2D eigenvalue weighted by Crippen LogP contribution is -2.31. The molecule has 0 radical (unpaired) electrons. The Morgan fingerprint density at radius 1 is 0.345 bits per heavy atom. The van der Waals surface area contributed by atoms with Crippen LogP contribution in [-0.4, -0.2) is 0 Å². The van der Waals surface area contributed by atoms with Crippen LogP contribution in [0.15, 0.2) is 127 Å². The van der Waals surface area contributed by atoms with E-state index in [1.54, 1.807) is 42.5 Å². The molecular weight excluding hydrogens is 767 g/mol. The lowest BCUT2D eigenvalue weighted by atomic mass is 9.70. The Morgan fingerprint density at radius 3 is 0.982 bits per heavy atom. The molecule has 0 aliphatic heterocycles. The van der Waals surface area contributed by atoms with Gasteiger partial charge in [-0.2, -0.15) is 52.7 Å². The first-order valence-electron chi connectivity index (χ1n) is 16.3. The van der Waals surface area contributed by atoms with Crippen LogP contribution in [0.3, 0.4) is 0 Å². The van der Waals surface area contributed by atoms with Crippen molar-refractivity contribution in [1.29, 1.82) is 0 Å². The first kappa shape index (κ1) is 36.7. The summed E-state index contributed by atoms with van der Waals surface area (Å²) < 4.78 is 187. The van der Waals surface area contributed by atoms with Crippen LogP contribution >= 0.6 is 7.14 Å². The number of alkyl halides is 12. The predicted octanol–water partition coefficient (Wildman–Crippen LogP) is 11.7. The average molecular weight is 789 g/mol. The van der Waals surface area contributed by atoms with Gasteiger partial charge in [-0.1, -0.05) is 84.9 Å². The maximum Gasteiger partial charge on any atom is 0.416 e. The van der Waals surface area contributed by atoms with E-state index in [2.05, 4.69) is 0 Å². The number of benzene rings is 6. The smallest absolute Gasteiger partial charge is 0.309 e. The summed E-state index contributed by atoms with van der Waals surface area (Å²) in [6, 6.07) is 25.0. The number of rotatable bonds is 3. The molecule has 0 amide bonds. The molecule has 0 N–H and O–H groups in total. The van der Waals surface area contributed by atoms with Crippen LogP contribution in [0.4, 0.5) is 52.7 Å². The zero-order chi connectivity index (χ0) is 39.5. The largest absolute Gasteiger partial charge is 0.416 e. The number of hydrogen-bond donors (Lipinski definition) is 0. The molecule has 1 spiro atoms. The van der Waals surface area contributed by atoms with Gasteiger partial charge in [-0.15, -0.1) is 0 Å². The van der Waals surface area contributed by atoms with Crippen molar-refractivity contribution in [3.05, 3.63) is 172 Å². The number of halogens is 12. The van der Waals surface area contributed by atoms with Crippen LogP contribution < -0.4 is 15.9 Å². The van der Waals surface area contributed by atoms with E-state index in [0.717, 1.165) is 17.2 Å². The zero-order valence-corrected chi connectivity index (χ0v) is 28.4. The van der Waals surface area contributed by atoms with Gasteiger partial charge in [-0.3, -0.25) is 0 Å². The Labute approximate surface area is 304 Å². The molecule has 6 aromatic carbocycles. The third-order valence-electron chi connectivity index (χ3n) is 10.2. The van der Waals surface area contributed by atoms with Crippen LogP contribution in [0.1, 0.15) is 44.5 Å². The summed E-state index contributed by atoms with van der Waals surface area (Å²) >= 11 is 0. The van der Waals surface area contributed by atoms with Crippen molar-refractivity contribution in [2.24, 2.45) is 0 Å². The minimum Gasteiger partial charge on any atom is -0.309 e. The second-order valence-corrected chi connectivity index (χ2v) is 16.0. The van der Waals surface area contributed by atoms with Crippen LogP contribution in [0.25, 0.3) is 22.3 Å². The fourth-order valence-electron chi connectivity index (χ4n) is 7.97. The quantitative estimate of drug-likeness (QED) is 0.129. The monoisotopic (exact) mass is 788 g/mol. The SMILES string of the molecule is O=P(c1cc(C(F)(F)F)cc(C(F)(F)F)c1)(c1cc(C(F)(F)F)cc(C(F)(F)F)c1)c1ccc2c(c1)C1(c3ccccc3-c3ccccc31)c1ccccc1-2. The van der Waals surface area contributed by atoms with Crippen LogP contribution in [0.5, 0.6) is 0 Å². The fourth-order valence-corrected chi connectivity index (χ4v) is 10.7. The lowest BCUT2D eigenvalue weighted by molar-refractivity contribution is -0.144. The minimum atomic E-state index is -5.52. The maximum absolute atomic E-state index is 15.8. The summed E-state index contributed by atoms with van der Waals surface area (Å²) in [6.07, 6.45) is -22.0. The molecule has 6 aromatic rings. The molecule has 280 valence electrons. The Hall–Kier alpha value is -5.29. The van der Waals surface area contributed by atoms with Gasteiger partial charge in [-0.05, 0) is 87.0 Å². The van der Waals surface area contributed by atoms with Crippen molar-refractivity contribution >= 4 is 23.1 Å². The highest BCUT2D eigenvalue weighted by Crippen LogP contribution is 2.63. The van der Waals surface area contributed by atoms with Crippen molar-refractivity contribution in [3.63, 3.8) is 0 Å². The molecule has 0 saturated heterocycles. The number of hydrogen-bond acceptors (Lipinski definition) is 1. The van der Waals surface area contributed by atoms with E-state index in [9.17, 15) is 52.7 Å². The molecule has 2 aliphatic carbocycles. The van der Waals surface area contributed by atoms with Gasteiger partial charge in [-0.25, -0.2) is 0 Å². The molecule has 0 aromatic heterocycles. The molecule has 55 heavy (non-hydrogen) atoms. The summed E-state index contributed by atoms with van der Waals surface area (Å²) in [6.45, 7) is 0. The second kappa shape index (κ2) is 11.9. The molecule has 0 saturated carbocycles. The summed E-state index contributed by atoms with van der Waals surface area (Å²) in [5, 5.41) is -3.11. The average Bonchev–Trinajstić information content (AvgIpc) is 3.60. The second-order valence-electron chi connectivity index (χ2n) is 13.3. The summed E-state index contributed by atoms with van der Waals surface area (Å²) in [5.41, 5.74) is -3.93. The Morgan fingerprint density at radius 2 is 0.655 bits per heavy atom. The van der Waals surface area contributed by atoms with Gasteiger partial charge < -0.3 is 4.57 Å². The van der Waals surface area contributed by atoms with Crippen molar-refractivity contribution < 1.29 is 57.3 Å². The van der Waals surface area contributed by atoms with E-state index >= 15 is 4.57 Å². The van der Waals surface area contributed by atoms with Gasteiger partial charge in [0, 0.05) is 15.9 Å².